The van der Waals surface area contributed by atoms with Gasteiger partial charge in [-0.3, -0.25) is 9.59 Å². The predicted molar refractivity (Wildman–Crippen MR) is 111 cm³/mol. The first-order valence-electron chi connectivity index (χ1n) is 9.62. The second-order valence-corrected chi connectivity index (χ2v) is 7.08. The van der Waals surface area contributed by atoms with Crippen LogP contribution >= 0.6 is 0 Å². The predicted octanol–water partition coefficient (Wildman–Crippen LogP) is 4.05. The summed E-state index contributed by atoms with van der Waals surface area (Å²) in [6, 6.07) is 21.5. The lowest BCUT2D eigenvalue weighted by atomic mass is 9.90. The Morgan fingerprint density at radius 1 is 0.806 bits per heavy atom. The minimum absolute atomic E-state index is 0.116. The number of amides is 2. The average Bonchev–Trinajstić information content (AvgIpc) is 2.74. The standard InChI is InChI=1S/C24H21F3N2O2/c25-24(26,27)19-14-8-7-13-18(19)15-20(22(28)30)29-23(31)21(16-9-3-1-4-10-16)17-11-5-2-6-12-17/h1-14,20-21H,15H2,(H2,28,30)(H,29,31)/t20-/m0/s1. The quantitative estimate of drug-likeness (QED) is 0.598. The lowest BCUT2D eigenvalue weighted by molar-refractivity contribution is -0.138. The van der Waals surface area contributed by atoms with Gasteiger partial charge >= 0.3 is 6.18 Å². The molecule has 0 unspecified atom stereocenters. The van der Waals surface area contributed by atoms with Gasteiger partial charge in [0.25, 0.3) is 0 Å². The van der Waals surface area contributed by atoms with E-state index < -0.39 is 35.5 Å². The molecule has 7 heteroatoms. The average molecular weight is 426 g/mol. The zero-order valence-electron chi connectivity index (χ0n) is 16.5. The van der Waals surface area contributed by atoms with E-state index in [0.29, 0.717) is 11.1 Å². The van der Waals surface area contributed by atoms with Gasteiger partial charge < -0.3 is 11.1 Å². The van der Waals surface area contributed by atoms with Crippen LogP contribution in [0.2, 0.25) is 0 Å². The molecule has 3 aromatic carbocycles. The van der Waals surface area contributed by atoms with Gasteiger partial charge in [0.05, 0.1) is 11.5 Å². The Balaban J connectivity index is 1.90. The van der Waals surface area contributed by atoms with Crippen molar-refractivity contribution < 1.29 is 22.8 Å². The van der Waals surface area contributed by atoms with Gasteiger partial charge in [-0.15, -0.1) is 0 Å². The van der Waals surface area contributed by atoms with E-state index >= 15 is 0 Å². The fourth-order valence-electron chi connectivity index (χ4n) is 3.46. The molecule has 0 fully saturated rings. The zero-order valence-corrected chi connectivity index (χ0v) is 16.5. The molecular formula is C24H21F3N2O2. The van der Waals surface area contributed by atoms with Crippen LogP contribution < -0.4 is 11.1 Å². The van der Waals surface area contributed by atoms with Crippen molar-refractivity contribution >= 4 is 11.8 Å². The number of carbonyl (C=O) groups is 2. The number of halogens is 3. The highest BCUT2D eigenvalue weighted by Crippen LogP contribution is 2.32. The van der Waals surface area contributed by atoms with Gasteiger partial charge in [-0.2, -0.15) is 13.2 Å². The molecule has 0 saturated heterocycles. The molecule has 0 radical (unpaired) electrons. The minimum Gasteiger partial charge on any atom is -0.368 e. The summed E-state index contributed by atoms with van der Waals surface area (Å²) in [4.78, 5) is 25.2. The van der Waals surface area contributed by atoms with Crippen LogP contribution in [0.25, 0.3) is 0 Å². The normalized spacial score (nSPS) is 12.4. The first-order valence-corrected chi connectivity index (χ1v) is 9.62. The number of hydrogen-bond donors (Lipinski definition) is 2. The topological polar surface area (TPSA) is 72.2 Å². The molecule has 1 atom stereocenters. The van der Waals surface area contributed by atoms with Gasteiger partial charge in [-0.1, -0.05) is 78.9 Å². The van der Waals surface area contributed by atoms with Crippen LogP contribution in [0.4, 0.5) is 13.2 Å². The molecule has 0 bridgehead atoms. The lowest BCUT2D eigenvalue weighted by Gasteiger charge is -2.23. The summed E-state index contributed by atoms with van der Waals surface area (Å²) in [5, 5.41) is 2.56. The Kier molecular flexibility index (Phi) is 6.74. The Hall–Kier alpha value is -3.61. The molecule has 3 rings (SSSR count). The smallest absolute Gasteiger partial charge is 0.368 e. The third-order valence-electron chi connectivity index (χ3n) is 4.93. The molecule has 2 amide bonds. The summed E-state index contributed by atoms with van der Waals surface area (Å²) in [7, 11) is 0. The highest BCUT2D eigenvalue weighted by atomic mass is 19.4. The summed E-state index contributed by atoms with van der Waals surface area (Å²) in [6.07, 6.45) is -4.95. The van der Waals surface area contributed by atoms with Crippen LogP contribution in [-0.4, -0.2) is 17.9 Å². The molecule has 0 saturated carbocycles. The first kappa shape index (κ1) is 22.1. The van der Waals surface area contributed by atoms with E-state index in [1.807, 2.05) is 12.1 Å². The molecule has 160 valence electrons. The molecule has 0 aliphatic carbocycles. The van der Waals surface area contributed by atoms with Crippen molar-refractivity contribution in [2.75, 3.05) is 0 Å². The van der Waals surface area contributed by atoms with Crippen molar-refractivity contribution in [3.05, 3.63) is 107 Å². The summed E-state index contributed by atoms with van der Waals surface area (Å²) in [6.45, 7) is 0. The maximum atomic E-state index is 13.3. The van der Waals surface area contributed by atoms with E-state index in [-0.39, 0.29) is 12.0 Å². The van der Waals surface area contributed by atoms with Crippen LogP contribution in [0.5, 0.6) is 0 Å². The van der Waals surface area contributed by atoms with Crippen LogP contribution in [0.1, 0.15) is 28.2 Å². The summed E-state index contributed by atoms with van der Waals surface area (Å²) in [5.74, 6) is -2.18. The molecule has 3 aromatic rings. The minimum atomic E-state index is -4.58. The Morgan fingerprint density at radius 2 is 1.29 bits per heavy atom. The molecule has 0 spiro atoms. The van der Waals surface area contributed by atoms with E-state index in [2.05, 4.69) is 5.32 Å². The fraction of sp³-hybridized carbons (Fsp3) is 0.167. The van der Waals surface area contributed by atoms with Crippen molar-refractivity contribution in [3.8, 4) is 0 Å². The molecule has 4 nitrogen and oxygen atoms in total. The summed E-state index contributed by atoms with van der Waals surface area (Å²) < 4.78 is 40.0. The van der Waals surface area contributed by atoms with Crippen molar-refractivity contribution in [1.29, 1.82) is 0 Å². The molecule has 3 N–H and O–H groups in total. The van der Waals surface area contributed by atoms with Gasteiger partial charge in [0, 0.05) is 6.42 Å². The summed E-state index contributed by atoms with van der Waals surface area (Å²) in [5.41, 5.74) is 5.83. The van der Waals surface area contributed by atoms with Gasteiger partial charge in [-0.25, -0.2) is 0 Å². The SMILES string of the molecule is NC(=O)[C@H](Cc1ccccc1C(F)(F)F)NC(=O)C(c1ccccc1)c1ccccc1. The van der Waals surface area contributed by atoms with E-state index in [4.69, 9.17) is 5.73 Å². The Morgan fingerprint density at radius 3 is 1.77 bits per heavy atom. The van der Waals surface area contributed by atoms with Gasteiger partial charge in [-0.05, 0) is 22.8 Å². The van der Waals surface area contributed by atoms with Crippen LogP contribution in [0, 0.1) is 0 Å². The van der Waals surface area contributed by atoms with Gasteiger partial charge in [0.1, 0.15) is 6.04 Å². The first-order chi connectivity index (χ1) is 14.8. The number of rotatable bonds is 7. The van der Waals surface area contributed by atoms with Crippen LogP contribution in [-0.2, 0) is 22.2 Å². The number of benzene rings is 3. The Labute approximate surface area is 177 Å². The van der Waals surface area contributed by atoms with Crippen molar-refractivity contribution in [1.82, 2.24) is 5.32 Å². The van der Waals surface area contributed by atoms with Crippen molar-refractivity contribution in [2.45, 2.75) is 24.6 Å². The third kappa shape index (κ3) is 5.51. The molecule has 0 heterocycles. The number of alkyl halides is 3. The fourth-order valence-corrected chi connectivity index (χ4v) is 3.46. The lowest BCUT2D eigenvalue weighted by Crippen LogP contribution is -2.47. The number of hydrogen-bond acceptors (Lipinski definition) is 2. The number of primary amides is 1. The highest BCUT2D eigenvalue weighted by Gasteiger charge is 2.34. The largest absolute Gasteiger partial charge is 0.416 e. The number of nitrogens with two attached hydrogens (primary N) is 1. The molecule has 31 heavy (non-hydrogen) atoms. The van der Waals surface area contributed by atoms with E-state index in [0.717, 1.165) is 6.07 Å². The molecular weight excluding hydrogens is 405 g/mol. The maximum Gasteiger partial charge on any atom is 0.416 e. The van der Waals surface area contributed by atoms with E-state index in [9.17, 15) is 22.8 Å². The van der Waals surface area contributed by atoms with Crippen LogP contribution in [0.3, 0.4) is 0 Å². The third-order valence-corrected chi connectivity index (χ3v) is 4.93. The second kappa shape index (κ2) is 9.47. The van der Waals surface area contributed by atoms with Crippen LogP contribution in [0.15, 0.2) is 84.9 Å². The Bertz CT molecular complexity index is 998. The second-order valence-electron chi connectivity index (χ2n) is 7.08. The van der Waals surface area contributed by atoms with Gasteiger partial charge in [0.2, 0.25) is 11.8 Å². The summed E-state index contributed by atoms with van der Waals surface area (Å²) >= 11 is 0. The molecule has 0 aliphatic heterocycles. The number of nitrogens with one attached hydrogen (secondary N) is 1. The zero-order chi connectivity index (χ0) is 22.4. The van der Waals surface area contributed by atoms with Gasteiger partial charge in [0.15, 0.2) is 0 Å². The van der Waals surface area contributed by atoms with E-state index in [1.54, 1.807) is 48.5 Å². The van der Waals surface area contributed by atoms with Crippen molar-refractivity contribution in [2.24, 2.45) is 5.73 Å². The highest BCUT2D eigenvalue weighted by molar-refractivity contribution is 5.92. The maximum absolute atomic E-state index is 13.3. The number of carbonyl (C=O) groups excluding carboxylic acids is 2. The molecule has 0 aromatic heterocycles. The molecule has 0 aliphatic rings. The van der Waals surface area contributed by atoms with E-state index in [1.165, 1.54) is 18.2 Å². The monoisotopic (exact) mass is 426 g/mol. The van der Waals surface area contributed by atoms with Crippen molar-refractivity contribution in [3.63, 3.8) is 0 Å².